The Bertz CT molecular complexity index is 602. The van der Waals surface area contributed by atoms with Crippen molar-refractivity contribution < 1.29 is 13.9 Å². The Balaban J connectivity index is 2.35. The second kappa shape index (κ2) is 5.42. The van der Waals surface area contributed by atoms with Gasteiger partial charge in [-0.2, -0.15) is 0 Å². The number of benzene rings is 2. The maximum absolute atomic E-state index is 12.4. The van der Waals surface area contributed by atoms with Gasteiger partial charge in [-0.05, 0) is 11.5 Å². The first-order valence-electron chi connectivity index (χ1n) is 5.45. The summed E-state index contributed by atoms with van der Waals surface area (Å²) in [4.78, 5) is 11.6. The summed E-state index contributed by atoms with van der Waals surface area (Å²) in [7, 11) is 0. The van der Waals surface area contributed by atoms with Gasteiger partial charge in [-0.15, -0.1) is 0 Å². The molecule has 0 bridgehead atoms. The minimum absolute atomic E-state index is 0.174. The van der Waals surface area contributed by atoms with E-state index < -0.39 is 5.97 Å². The van der Waals surface area contributed by atoms with Crippen molar-refractivity contribution in [3.8, 4) is 5.75 Å². The number of ether oxygens (including phenoxy) is 1. The smallest absolute Gasteiger partial charge is 0.343 e. The van der Waals surface area contributed by atoms with Crippen LogP contribution in [0.4, 0.5) is 4.39 Å². The summed E-state index contributed by atoms with van der Waals surface area (Å²) < 4.78 is 17.5. The SMILES string of the molecule is NCC(=CF)C(=O)Oc1cccc2ccccc12. The number of carbonyl (C=O) groups is 1. The van der Waals surface area contributed by atoms with Crippen molar-refractivity contribution in [3.63, 3.8) is 0 Å². The van der Waals surface area contributed by atoms with E-state index in [0.717, 1.165) is 10.8 Å². The second-order valence-corrected chi connectivity index (χ2v) is 3.71. The van der Waals surface area contributed by atoms with Gasteiger partial charge in [0.25, 0.3) is 0 Å². The van der Waals surface area contributed by atoms with Crippen LogP contribution in [0.1, 0.15) is 0 Å². The minimum Gasteiger partial charge on any atom is -0.422 e. The molecule has 0 unspecified atom stereocenters. The number of hydrogen-bond acceptors (Lipinski definition) is 3. The molecular weight excluding hydrogens is 233 g/mol. The fraction of sp³-hybridized carbons (Fsp3) is 0.0714. The van der Waals surface area contributed by atoms with Crippen LogP contribution >= 0.6 is 0 Å². The maximum atomic E-state index is 12.4. The molecule has 92 valence electrons. The van der Waals surface area contributed by atoms with Crippen LogP contribution < -0.4 is 10.5 Å². The van der Waals surface area contributed by atoms with Crippen LogP contribution in [-0.2, 0) is 4.79 Å². The first-order chi connectivity index (χ1) is 8.76. The largest absolute Gasteiger partial charge is 0.422 e. The van der Waals surface area contributed by atoms with Gasteiger partial charge in [-0.25, -0.2) is 9.18 Å². The number of carbonyl (C=O) groups excluding carboxylic acids is 1. The van der Waals surface area contributed by atoms with Gasteiger partial charge >= 0.3 is 5.97 Å². The van der Waals surface area contributed by atoms with E-state index in [1.165, 1.54) is 0 Å². The van der Waals surface area contributed by atoms with E-state index in [1.54, 1.807) is 12.1 Å². The molecule has 4 heteroatoms. The average Bonchev–Trinajstić information content (AvgIpc) is 2.40. The highest BCUT2D eigenvalue weighted by atomic mass is 19.1. The van der Waals surface area contributed by atoms with Crippen molar-refractivity contribution in [1.29, 1.82) is 0 Å². The van der Waals surface area contributed by atoms with Crippen molar-refractivity contribution in [2.45, 2.75) is 0 Å². The molecule has 0 aliphatic carbocycles. The summed E-state index contributed by atoms with van der Waals surface area (Å²) in [6, 6.07) is 12.8. The molecule has 0 fully saturated rings. The van der Waals surface area contributed by atoms with Crippen molar-refractivity contribution in [2.75, 3.05) is 6.54 Å². The summed E-state index contributed by atoms with van der Waals surface area (Å²) in [5.41, 5.74) is 5.05. The van der Waals surface area contributed by atoms with Crippen LogP contribution in [-0.4, -0.2) is 12.5 Å². The Kier molecular flexibility index (Phi) is 3.69. The Hall–Kier alpha value is -2.20. The quantitative estimate of drug-likeness (QED) is 0.513. The summed E-state index contributed by atoms with van der Waals surface area (Å²) in [6.45, 7) is -0.194. The highest BCUT2D eigenvalue weighted by molar-refractivity contribution is 5.95. The molecule has 18 heavy (non-hydrogen) atoms. The lowest BCUT2D eigenvalue weighted by atomic mass is 10.1. The van der Waals surface area contributed by atoms with Gasteiger partial charge in [0.2, 0.25) is 0 Å². The molecule has 0 heterocycles. The van der Waals surface area contributed by atoms with E-state index in [9.17, 15) is 9.18 Å². The van der Waals surface area contributed by atoms with Crippen LogP contribution in [0.5, 0.6) is 5.75 Å². The van der Waals surface area contributed by atoms with Gasteiger partial charge in [0.05, 0.1) is 11.9 Å². The van der Waals surface area contributed by atoms with Crippen LogP contribution in [0.2, 0.25) is 0 Å². The van der Waals surface area contributed by atoms with Gasteiger partial charge in [0.15, 0.2) is 0 Å². The molecule has 0 amide bonds. The van der Waals surface area contributed by atoms with Crippen LogP contribution in [0, 0.1) is 0 Å². The molecule has 0 atom stereocenters. The fourth-order valence-electron chi connectivity index (χ4n) is 1.62. The summed E-state index contributed by atoms with van der Waals surface area (Å²) in [5, 5.41) is 1.74. The topological polar surface area (TPSA) is 52.3 Å². The molecule has 0 aromatic heterocycles. The molecule has 0 radical (unpaired) electrons. The number of hydrogen-bond donors (Lipinski definition) is 1. The minimum atomic E-state index is -0.767. The highest BCUT2D eigenvalue weighted by Crippen LogP contribution is 2.25. The standard InChI is InChI=1S/C14H12FNO2/c15-8-11(9-16)14(17)18-13-7-3-5-10-4-1-2-6-12(10)13/h1-8H,9,16H2. The van der Waals surface area contributed by atoms with E-state index in [0.29, 0.717) is 5.75 Å². The van der Waals surface area contributed by atoms with Crippen molar-refractivity contribution in [2.24, 2.45) is 5.73 Å². The van der Waals surface area contributed by atoms with Crippen LogP contribution in [0.3, 0.4) is 0 Å². The lowest BCUT2D eigenvalue weighted by Crippen LogP contribution is -2.18. The van der Waals surface area contributed by atoms with E-state index in [2.05, 4.69) is 0 Å². The first kappa shape index (κ1) is 12.3. The molecule has 2 aromatic carbocycles. The first-order valence-corrected chi connectivity index (χ1v) is 5.45. The molecule has 2 rings (SSSR count). The van der Waals surface area contributed by atoms with E-state index >= 15 is 0 Å². The van der Waals surface area contributed by atoms with E-state index in [4.69, 9.17) is 10.5 Å². The van der Waals surface area contributed by atoms with Gasteiger partial charge in [0, 0.05) is 11.9 Å². The summed E-state index contributed by atoms with van der Waals surface area (Å²) in [5.74, 6) is -0.373. The van der Waals surface area contributed by atoms with Gasteiger partial charge < -0.3 is 10.5 Å². The van der Waals surface area contributed by atoms with Crippen molar-refractivity contribution in [3.05, 3.63) is 54.4 Å². The Morgan fingerprint density at radius 1 is 1.22 bits per heavy atom. The van der Waals surface area contributed by atoms with E-state index in [-0.39, 0.29) is 18.4 Å². The predicted molar refractivity (Wildman–Crippen MR) is 67.8 cm³/mol. The fourth-order valence-corrected chi connectivity index (χ4v) is 1.62. The molecule has 0 aliphatic heterocycles. The molecular formula is C14H12FNO2. The average molecular weight is 245 g/mol. The number of fused-ring (bicyclic) bond motifs is 1. The normalized spacial score (nSPS) is 11.6. The molecule has 2 aromatic rings. The van der Waals surface area contributed by atoms with Crippen molar-refractivity contribution >= 4 is 16.7 Å². The van der Waals surface area contributed by atoms with Crippen molar-refractivity contribution in [1.82, 2.24) is 0 Å². The van der Waals surface area contributed by atoms with Gasteiger partial charge in [-0.1, -0.05) is 36.4 Å². The molecule has 0 saturated carbocycles. The third-order valence-corrected chi connectivity index (χ3v) is 2.57. The van der Waals surface area contributed by atoms with Crippen LogP contribution in [0.15, 0.2) is 54.4 Å². The molecule has 3 nitrogen and oxygen atoms in total. The zero-order valence-corrected chi connectivity index (χ0v) is 9.60. The predicted octanol–water partition coefficient (Wildman–Crippen LogP) is 2.56. The molecule has 0 saturated heterocycles. The summed E-state index contributed by atoms with van der Waals surface area (Å²) in [6.07, 6.45) is 0.174. The third-order valence-electron chi connectivity index (χ3n) is 2.57. The Morgan fingerprint density at radius 2 is 1.94 bits per heavy atom. The summed E-state index contributed by atoms with van der Waals surface area (Å²) >= 11 is 0. The van der Waals surface area contributed by atoms with Gasteiger partial charge in [0.1, 0.15) is 5.75 Å². The second-order valence-electron chi connectivity index (χ2n) is 3.71. The number of nitrogens with two attached hydrogens (primary N) is 1. The monoisotopic (exact) mass is 245 g/mol. The molecule has 2 N–H and O–H groups in total. The third kappa shape index (κ3) is 2.38. The number of halogens is 1. The lowest BCUT2D eigenvalue weighted by molar-refractivity contribution is -0.130. The highest BCUT2D eigenvalue weighted by Gasteiger charge is 2.12. The Morgan fingerprint density at radius 3 is 2.67 bits per heavy atom. The van der Waals surface area contributed by atoms with Gasteiger partial charge in [-0.3, -0.25) is 0 Å². The number of esters is 1. The zero-order chi connectivity index (χ0) is 13.0. The van der Waals surface area contributed by atoms with E-state index in [1.807, 2.05) is 30.3 Å². The zero-order valence-electron chi connectivity index (χ0n) is 9.60. The maximum Gasteiger partial charge on any atom is 0.343 e. The van der Waals surface area contributed by atoms with Crippen LogP contribution in [0.25, 0.3) is 10.8 Å². The lowest BCUT2D eigenvalue weighted by Gasteiger charge is -2.08. The molecule has 0 spiro atoms. The molecule has 0 aliphatic rings. The number of rotatable bonds is 3. The Labute approximate surface area is 104 Å².